The highest BCUT2D eigenvalue weighted by atomic mass is 16.6. The van der Waals surface area contributed by atoms with E-state index in [0.29, 0.717) is 12.4 Å². The van der Waals surface area contributed by atoms with Crippen LogP contribution in [0.2, 0.25) is 0 Å². The lowest BCUT2D eigenvalue weighted by molar-refractivity contribution is -0.149. The van der Waals surface area contributed by atoms with Gasteiger partial charge in [-0.05, 0) is 62.7 Å². The molecule has 0 amide bonds. The summed E-state index contributed by atoms with van der Waals surface area (Å²) in [6.07, 6.45) is 1.61. The van der Waals surface area contributed by atoms with Crippen molar-refractivity contribution < 1.29 is 19.0 Å². The van der Waals surface area contributed by atoms with Crippen molar-refractivity contribution in [1.29, 1.82) is 0 Å². The number of rotatable bonds is 8. The number of hydrogen-bond acceptors (Lipinski definition) is 5. The molecule has 2 aromatic rings. The van der Waals surface area contributed by atoms with Gasteiger partial charge in [-0.15, -0.1) is 0 Å². The van der Waals surface area contributed by atoms with E-state index in [-0.39, 0.29) is 18.7 Å². The number of hydrogen-bond donors (Lipinski definition) is 0. The highest BCUT2D eigenvalue weighted by Crippen LogP contribution is 2.26. The standard InChI is InChI=1S/C20H23NO4/c1-4-23-19-8-6-5-7-18(19)21-13-16-9-11-17(12-10-16)24-14-20(22)25-15(2)3/h5-13,15H,4,14H2,1-3H3. The Kier molecular flexibility index (Phi) is 7.01. The average Bonchev–Trinajstić information content (AvgIpc) is 2.60. The summed E-state index contributed by atoms with van der Waals surface area (Å²) >= 11 is 0. The molecule has 2 aromatic carbocycles. The van der Waals surface area contributed by atoms with Gasteiger partial charge in [-0.2, -0.15) is 0 Å². The molecule has 2 rings (SSSR count). The molecule has 0 aliphatic carbocycles. The number of carbonyl (C=O) groups is 1. The van der Waals surface area contributed by atoms with Gasteiger partial charge in [-0.1, -0.05) is 12.1 Å². The maximum Gasteiger partial charge on any atom is 0.344 e. The summed E-state index contributed by atoms with van der Waals surface area (Å²) in [5.41, 5.74) is 1.70. The zero-order valence-electron chi connectivity index (χ0n) is 14.8. The second kappa shape index (κ2) is 9.47. The van der Waals surface area contributed by atoms with Crippen LogP contribution in [-0.2, 0) is 9.53 Å². The summed E-state index contributed by atoms with van der Waals surface area (Å²) in [5.74, 6) is 0.977. The smallest absolute Gasteiger partial charge is 0.344 e. The molecule has 0 heterocycles. The number of para-hydroxylation sites is 2. The van der Waals surface area contributed by atoms with Crippen LogP contribution in [-0.4, -0.2) is 31.5 Å². The van der Waals surface area contributed by atoms with Crippen molar-refractivity contribution in [1.82, 2.24) is 0 Å². The summed E-state index contributed by atoms with van der Waals surface area (Å²) in [5, 5.41) is 0. The van der Waals surface area contributed by atoms with Crippen LogP contribution in [0, 0.1) is 0 Å². The Balaban J connectivity index is 1.95. The van der Waals surface area contributed by atoms with Gasteiger partial charge < -0.3 is 14.2 Å². The Labute approximate surface area is 148 Å². The Morgan fingerprint density at radius 1 is 1.08 bits per heavy atom. The number of carbonyl (C=O) groups excluding carboxylic acids is 1. The van der Waals surface area contributed by atoms with Crippen molar-refractivity contribution in [2.24, 2.45) is 4.99 Å². The molecule has 0 fully saturated rings. The fourth-order valence-corrected chi connectivity index (χ4v) is 2.07. The first-order chi connectivity index (χ1) is 12.1. The van der Waals surface area contributed by atoms with Gasteiger partial charge in [0.1, 0.15) is 17.2 Å². The maximum atomic E-state index is 11.5. The average molecular weight is 341 g/mol. The molecule has 0 spiro atoms. The second-order valence-electron chi connectivity index (χ2n) is 5.56. The third-order valence-corrected chi connectivity index (χ3v) is 3.12. The molecule has 0 radical (unpaired) electrons. The van der Waals surface area contributed by atoms with Crippen molar-refractivity contribution in [3.63, 3.8) is 0 Å². The quantitative estimate of drug-likeness (QED) is 0.534. The highest BCUT2D eigenvalue weighted by Gasteiger charge is 2.06. The van der Waals surface area contributed by atoms with E-state index in [1.165, 1.54) is 0 Å². The normalized spacial score (nSPS) is 10.9. The second-order valence-corrected chi connectivity index (χ2v) is 5.56. The van der Waals surface area contributed by atoms with Crippen molar-refractivity contribution in [3.8, 4) is 11.5 Å². The van der Waals surface area contributed by atoms with Crippen LogP contribution in [0.1, 0.15) is 26.3 Å². The minimum absolute atomic E-state index is 0.104. The van der Waals surface area contributed by atoms with E-state index >= 15 is 0 Å². The highest BCUT2D eigenvalue weighted by molar-refractivity contribution is 5.82. The zero-order valence-corrected chi connectivity index (χ0v) is 14.8. The van der Waals surface area contributed by atoms with Gasteiger partial charge in [0.05, 0.1) is 12.7 Å². The lowest BCUT2D eigenvalue weighted by atomic mass is 10.2. The van der Waals surface area contributed by atoms with Gasteiger partial charge in [0, 0.05) is 6.21 Å². The van der Waals surface area contributed by atoms with Gasteiger partial charge in [-0.3, -0.25) is 4.99 Å². The fraction of sp³-hybridized carbons (Fsp3) is 0.300. The minimum atomic E-state index is -0.381. The van der Waals surface area contributed by atoms with E-state index in [0.717, 1.165) is 17.0 Å². The number of ether oxygens (including phenoxy) is 3. The van der Waals surface area contributed by atoms with E-state index in [1.54, 1.807) is 32.2 Å². The Bertz CT molecular complexity index is 708. The van der Waals surface area contributed by atoms with Crippen LogP contribution in [0.25, 0.3) is 0 Å². The van der Waals surface area contributed by atoms with Crippen molar-refractivity contribution >= 4 is 17.9 Å². The molecule has 0 aliphatic heterocycles. The third kappa shape index (κ3) is 6.30. The molecule has 132 valence electrons. The lowest BCUT2D eigenvalue weighted by Crippen LogP contribution is -2.18. The number of aliphatic imine (C=N–C) groups is 1. The number of nitrogens with zero attached hydrogens (tertiary/aromatic N) is 1. The van der Waals surface area contributed by atoms with Gasteiger partial charge in [-0.25, -0.2) is 4.79 Å². The summed E-state index contributed by atoms with van der Waals surface area (Å²) in [6, 6.07) is 15.0. The summed E-state index contributed by atoms with van der Waals surface area (Å²) in [7, 11) is 0. The van der Waals surface area contributed by atoms with Gasteiger partial charge >= 0.3 is 5.97 Å². The fourth-order valence-electron chi connectivity index (χ4n) is 2.07. The van der Waals surface area contributed by atoms with Crippen LogP contribution in [0.15, 0.2) is 53.5 Å². The Morgan fingerprint density at radius 2 is 1.80 bits per heavy atom. The first-order valence-corrected chi connectivity index (χ1v) is 8.26. The van der Waals surface area contributed by atoms with E-state index in [4.69, 9.17) is 14.2 Å². The first kappa shape index (κ1) is 18.5. The number of esters is 1. The van der Waals surface area contributed by atoms with Crippen LogP contribution in [0.5, 0.6) is 11.5 Å². The molecule has 25 heavy (non-hydrogen) atoms. The van der Waals surface area contributed by atoms with Crippen LogP contribution in [0.4, 0.5) is 5.69 Å². The van der Waals surface area contributed by atoms with Crippen molar-refractivity contribution in [2.45, 2.75) is 26.9 Å². The van der Waals surface area contributed by atoms with Crippen LogP contribution < -0.4 is 9.47 Å². The molecule has 0 N–H and O–H groups in total. The Hall–Kier alpha value is -2.82. The minimum Gasteiger partial charge on any atom is -0.492 e. The molecule has 0 saturated carbocycles. The molecule has 5 nitrogen and oxygen atoms in total. The van der Waals surface area contributed by atoms with Gasteiger partial charge in [0.2, 0.25) is 0 Å². The molecule has 0 aliphatic rings. The largest absolute Gasteiger partial charge is 0.492 e. The predicted octanol–water partition coefficient (Wildman–Crippen LogP) is 4.17. The SMILES string of the molecule is CCOc1ccccc1N=Cc1ccc(OCC(=O)OC(C)C)cc1. The van der Waals surface area contributed by atoms with Crippen molar-refractivity contribution in [3.05, 3.63) is 54.1 Å². The maximum absolute atomic E-state index is 11.5. The topological polar surface area (TPSA) is 57.1 Å². The molecule has 0 bridgehead atoms. The first-order valence-electron chi connectivity index (χ1n) is 8.26. The summed E-state index contributed by atoms with van der Waals surface area (Å²) in [4.78, 5) is 15.9. The van der Waals surface area contributed by atoms with Crippen LogP contribution >= 0.6 is 0 Å². The Morgan fingerprint density at radius 3 is 2.48 bits per heavy atom. The third-order valence-electron chi connectivity index (χ3n) is 3.12. The molecule has 5 heteroatoms. The molecular weight excluding hydrogens is 318 g/mol. The predicted molar refractivity (Wildman–Crippen MR) is 98.0 cm³/mol. The molecular formula is C20H23NO4. The van der Waals surface area contributed by atoms with Crippen LogP contribution in [0.3, 0.4) is 0 Å². The van der Waals surface area contributed by atoms with E-state index in [2.05, 4.69) is 4.99 Å². The molecule has 0 unspecified atom stereocenters. The zero-order chi connectivity index (χ0) is 18.1. The van der Waals surface area contributed by atoms with E-state index in [1.807, 2.05) is 43.3 Å². The van der Waals surface area contributed by atoms with E-state index < -0.39 is 0 Å². The number of benzene rings is 2. The van der Waals surface area contributed by atoms with Gasteiger partial charge in [0.15, 0.2) is 6.61 Å². The van der Waals surface area contributed by atoms with E-state index in [9.17, 15) is 4.79 Å². The molecule has 0 aromatic heterocycles. The van der Waals surface area contributed by atoms with Crippen molar-refractivity contribution in [2.75, 3.05) is 13.2 Å². The summed E-state index contributed by atoms with van der Waals surface area (Å²) in [6.45, 7) is 6.03. The molecule has 0 atom stereocenters. The van der Waals surface area contributed by atoms with Gasteiger partial charge in [0.25, 0.3) is 0 Å². The molecule has 0 saturated heterocycles. The monoisotopic (exact) mass is 341 g/mol. The summed E-state index contributed by atoms with van der Waals surface area (Å²) < 4.78 is 16.0. The lowest BCUT2D eigenvalue weighted by Gasteiger charge is -2.09.